The standard InChI is InChI=1S/C19H15NO3/c1-22-17-10-12-7-8-20-16(9-13(12)11-18(17)23-2)14-5-3-4-6-15(14)19(20)21/h3-11H,1-2H3. The van der Waals surface area contributed by atoms with Gasteiger partial charge in [-0.05, 0) is 41.1 Å². The highest BCUT2D eigenvalue weighted by molar-refractivity contribution is 5.95. The number of aromatic nitrogens is 1. The first-order valence-electron chi connectivity index (χ1n) is 7.32. The SMILES string of the molecule is COc1cc2ccn3c(=O)c4ccccc4c-3cc2cc1OC. The van der Waals surface area contributed by atoms with Gasteiger partial charge >= 0.3 is 0 Å². The predicted molar refractivity (Wildman–Crippen MR) is 91.3 cm³/mol. The van der Waals surface area contributed by atoms with E-state index in [2.05, 4.69) is 0 Å². The molecule has 0 N–H and O–H groups in total. The molecule has 4 rings (SSSR count). The van der Waals surface area contributed by atoms with Crippen molar-refractivity contribution in [3.63, 3.8) is 0 Å². The van der Waals surface area contributed by atoms with Gasteiger partial charge in [-0.15, -0.1) is 0 Å². The van der Waals surface area contributed by atoms with E-state index in [1.165, 1.54) is 0 Å². The summed E-state index contributed by atoms with van der Waals surface area (Å²) in [4.78, 5) is 12.6. The van der Waals surface area contributed by atoms with Crippen LogP contribution in [0.4, 0.5) is 0 Å². The van der Waals surface area contributed by atoms with Crippen LogP contribution >= 0.6 is 0 Å². The zero-order valence-electron chi connectivity index (χ0n) is 12.9. The van der Waals surface area contributed by atoms with Gasteiger partial charge in [0.15, 0.2) is 11.5 Å². The van der Waals surface area contributed by atoms with Crippen LogP contribution < -0.4 is 15.0 Å². The molecule has 0 unspecified atom stereocenters. The van der Waals surface area contributed by atoms with Crippen LogP contribution in [0.5, 0.6) is 11.5 Å². The highest BCUT2D eigenvalue weighted by Gasteiger charge is 2.14. The van der Waals surface area contributed by atoms with E-state index in [1.807, 2.05) is 54.7 Å². The average Bonchev–Trinajstić information content (AvgIpc) is 2.74. The fraction of sp³-hybridized carbons (Fsp3) is 0.105. The van der Waals surface area contributed by atoms with Crippen LogP contribution in [-0.2, 0) is 0 Å². The molecule has 4 heteroatoms. The molecule has 2 aliphatic rings. The van der Waals surface area contributed by atoms with Crippen LogP contribution in [0.15, 0.2) is 59.5 Å². The fourth-order valence-corrected chi connectivity index (χ4v) is 3.04. The van der Waals surface area contributed by atoms with Crippen LogP contribution in [0.2, 0.25) is 0 Å². The van der Waals surface area contributed by atoms with Crippen molar-refractivity contribution in [3.8, 4) is 17.2 Å². The number of nitrogens with zero attached hydrogens (tertiary/aromatic N) is 1. The molecule has 0 amide bonds. The lowest BCUT2D eigenvalue weighted by Gasteiger charge is -2.07. The maximum Gasteiger partial charge on any atom is 0.263 e. The summed E-state index contributed by atoms with van der Waals surface area (Å²) in [6.07, 6.45) is 1.81. The molecule has 2 aromatic carbocycles. The summed E-state index contributed by atoms with van der Waals surface area (Å²) >= 11 is 0. The van der Waals surface area contributed by atoms with E-state index >= 15 is 0 Å². The Kier molecular flexibility index (Phi) is 2.98. The van der Waals surface area contributed by atoms with Crippen molar-refractivity contribution in [1.82, 2.24) is 4.57 Å². The summed E-state index contributed by atoms with van der Waals surface area (Å²) in [5.74, 6) is 1.34. The molecule has 0 fully saturated rings. The maximum atomic E-state index is 12.6. The van der Waals surface area contributed by atoms with Crippen LogP contribution in [0.25, 0.3) is 27.2 Å². The molecule has 0 aliphatic carbocycles. The summed E-state index contributed by atoms with van der Waals surface area (Å²) in [7, 11) is 3.23. The molecular weight excluding hydrogens is 290 g/mol. The van der Waals surface area contributed by atoms with Crippen molar-refractivity contribution >= 4 is 21.5 Å². The van der Waals surface area contributed by atoms with E-state index in [0.717, 1.165) is 27.2 Å². The van der Waals surface area contributed by atoms with Crippen LogP contribution in [0.3, 0.4) is 0 Å². The van der Waals surface area contributed by atoms with Gasteiger partial charge in [0.05, 0.1) is 19.9 Å². The monoisotopic (exact) mass is 305 g/mol. The molecule has 2 aliphatic heterocycles. The number of ether oxygens (including phenoxy) is 2. The van der Waals surface area contributed by atoms with Crippen LogP contribution in [-0.4, -0.2) is 18.8 Å². The van der Waals surface area contributed by atoms with Gasteiger partial charge in [0, 0.05) is 17.0 Å². The maximum absolute atomic E-state index is 12.6. The number of benzene rings is 2. The molecule has 0 saturated heterocycles. The van der Waals surface area contributed by atoms with E-state index in [1.54, 1.807) is 18.8 Å². The fourth-order valence-electron chi connectivity index (χ4n) is 3.04. The van der Waals surface area contributed by atoms with Gasteiger partial charge in [0.25, 0.3) is 5.56 Å². The summed E-state index contributed by atoms with van der Waals surface area (Å²) in [5, 5.41) is 3.65. The Labute approximate surface area is 132 Å². The zero-order valence-corrected chi connectivity index (χ0v) is 12.9. The Morgan fingerprint density at radius 2 is 1.48 bits per heavy atom. The third-order valence-electron chi connectivity index (χ3n) is 4.20. The highest BCUT2D eigenvalue weighted by Crippen LogP contribution is 2.33. The molecule has 0 aromatic heterocycles. The predicted octanol–water partition coefficient (Wildman–Crippen LogP) is 3.60. The lowest BCUT2D eigenvalue weighted by Crippen LogP contribution is -2.09. The lowest BCUT2D eigenvalue weighted by atomic mass is 10.1. The number of hydrogen-bond donors (Lipinski definition) is 0. The third-order valence-corrected chi connectivity index (χ3v) is 4.20. The molecule has 2 heterocycles. The lowest BCUT2D eigenvalue weighted by molar-refractivity contribution is 0.356. The quantitative estimate of drug-likeness (QED) is 0.568. The van der Waals surface area contributed by atoms with E-state index in [0.29, 0.717) is 11.5 Å². The molecule has 0 bridgehead atoms. The second kappa shape index (κ2) is 5.02. The van der Waals surface area contributed by atoms with Crippen molar-refractivity contribution in [2.75, 3.05) is 14.2 Å². The molecule has 0 spiro atoms. The molecule has 114 valence electrons. The Morgan fingerprint density at radius 1 is 0.826 bits per heavy atom. The van der Waals surface area contributed by atoms with Gasteiger partial charge in [0.1, 0.15) is 0 Å². The second-order valence-corrected chi connectivity index (χ2v) is 5.40. The van der Waals surface area contributed by atoms with Crippen molar-refractivity contribution < 1.29 is 9.47 Å². The second-order valence-electron chi connectivity index (χ2n) is 5.40. The normalized spacial score (nSPS) is 11.2. The highest BCUT2D eigenvalue weighted by atomic mass is 16.5. The molecule has 0 radical (unpaired) electrons. The first kappa shape index (κ1) is 13.6. The van der Waals surface area contributed by atoms with E-state index in [9.17, 15) is 4.79 Å². The van der Waals surface area contributed by atoms with Crippen molar-refractivity contribution in [2.45, 2.75) is 0 Å². The van der Waals surface area contributed by atoms with E-state index in [-0.39, 0.29) is 5.56 Å². The molecule has 0 atom stereocenters. The van der Waals surface area contributed by atoms with Gasteiger partial charge in [-0.3, -0.25) is 9.36 Å². The number of hydrogen-bond acceptors (Lipinski definition) is 3. The molecule has 2 aromatic rings. The Balaban J connectivity index is 2.16. The van der Waals surface area contributed by atoms with Crippen molar-refractivity contribution in [3.05, 3.63) is 65.1 Å². The van der Waals surface area contributed by atoms with Gasteiger partial charge < -0.3 is 9.47 Å². The number of methoxy groups -OCH3 is 2. The molecule has 4 nitrogen and oxygen atoms in total. The largest absolute Gasteiger partial charge is 0.493 e. The minimum Gasteiger partial charge on any atom is -0.493 e. The van der Waals surface area contributed by atoms with Crippen LogP contribution in [0, 0.1) is 0 Å². The van der Waals surface area contributed by atoms with Gasteiger partial charge in [-0.1, -0.05) is 18.2 Å². The van der Waals surface area contributed by atoms with Crippen LogP contribution in [0.1, 0.15) is 0 Å². The first-order valence-corrected chi connectivity index (χ1v) is 7.32. The summed E-state index contributed by atoms with van der Waals surface area (Å²) in [6, 6.07) is 15.4. The average molecular weight is 305 g/mol. The van der Waals surface area contributed by atoms with Crippen molar-refractivity contribution in [2.24, 2.45) is 0 Å². The molecule has 23 heavy (non-hydrogen) atoms. The van der Waals surface area contributed by atoms with E-state index < -0.39 is 0 Å². The Hall–Kier alpha value is -3.01. The molecule has 0 saturated carbocycles. The van der Waals surface area contributed by atoms with Gasteiger partial charge in [-0.2, -0.15) is 0 Å². The molecular formula is C19H15NO3. The van der Waals surface area contributed by atoms with E-state index in [4.69, 9.17) is 9.47 Å². The minimum absolute atomic E-state index is 0.00478. The summed E-state index contributed by atoms with van der Waals surface area (Å²) < 4.78 is 12.4. The smallest absolute Gasteiger partial charge is 0.263 e. The first-order chi connectivity index (χ1) is 11.2. The van der Waals surface area contributed by atoms with Gasteiger partial charge in [-0.25, -0.2) is 0 Å². The topological polar surface area (TPSA) is 40.5 Å². The Morgan fingerprint density at radius 3 is 2.17 bits per heavy atom. The Bertz CT molecular complexity index is 1070. The summed E-state index contributed by atoms with van der Waals surface area (Å²) in [6.45, 7) is 0. The summed E-state index contributed by atoms with van der Waals surface area (Å²) in [5.41, 5.74) is 0.877. The van der Waals surface area contributed by atoms with Crippen molar-refractivity contribution in [1.29, 1.82) is 0 Å². The van der Waals surface area contributed by atoms with Gasteiger partial charge in [0.2, 0.25) is 0 Å². The number of fused-ring (bicyclic) bond motifs is 4. The number of rotatable bonds is 2. The minimum atomic E-state index is -0.00478. The zero-order chi connectivity index (χ0) is 16.0. The third kappa shape index (κ3) is 1.95.